The normalized spacial score (nSPS) is 26.8. The van der Waals surface area contributed by atoms with Crippen LogP contribution in [0.4, 0.5) is 32.2 Å². The average Bonchev–Trinajstić information content (AvgIpc) is 3.46. The van der Waals surface area contributed by atoms with Crippen LogP contribution in [0.5, 0.6) is 11.5 Å². The number of allylic oxidation sites excluding steroid dienone is 2. The number of phenols is 1. The van der Waals surface area contributed by atoms with Gasteiger partial charge in [0.05, 0.1) is 33.8 Å². The molecule has 6 atom stereocenters. The summed E-state index contributed by atoms with van der Waals surface area (Å²) in [7, 11) is 0. The molecule has 10 nitrogen and oxygen atoms in total. The van der Waals surface area contributed by atoms with Gasteiger partial charge < -0.3 is 9.84 Å². The molecule has 0 spiro atoms. The number of alkyl halides is 6. The number of nitrogens with zero attached hydrogens (tertiary/aromatic N) is 3. The molecular formula is C36H28Cl2F6N4O6. The van der Waals surface area contributed by atoms with Gasteiger partial charge in [-0.05, 0) is 67.1 Å². The minimum Gasteiger partial charge on any atom is -0.508 e. The number of imide groups is 2. The van der Waals surface area contributed by atoms with Gasteiger partial charge in [0, 0.05) is 29.2 Å². The quantitative estimate of drug-likeness (QED) is 0.144. The second-order valence-corrected chi connectivity index (χ2v) is 14.4. The highest BCUT2D eigenvalue weighted by atomic mass is 35.5. The van der Waals surface area contributed by atoms with Crippen molar-refractivity contribution in [2.45, 2.75) is 50.1 Å². The second kappa shape index (κ2) is 13.2. The number of hydrogen-bond acceptors (Lipinski definition) is 8. The molecule has 4 amide bonds. The molecule has 4 aliphatic rings. The van der Waals surface area contributed by atoms with E-state index in [1.54, 1.807) is 13.0 Å². The van der Waals surface area contributed by atoms with Gasteiger partial charge in [-0.25, -0.2) is 4.98 Å². The number of aromatic nitrogens is 1. The zero-order valence-electron chi connectivity index (χ0n) is 27.8. The zero-order valence-corrected chi connectivity index (χ0v) is 29.4. The Bertz CT molecular complexity index is 2110. The molecular weight excluding hydrogens is 769 g/mol. The molecule has 3 fully saturated rings. The molecule has 0 bridgehead atoms. The highest BCUT2D eigenvalue weighted by Crippen LogP contribution is 2.65. The molecule has 2 aliphatic heterocycles. The summed E-state index contributed by atoms with van der Waals surface area (Å²) in [6.07, 6.45) is -7.67. The molecule has 7 rings (SSSR count). The number of carbonyl (C=O) groups excluding carboxylic acids is 4. The first-order valence-electron chi connectivity index (χ1n) is 16.7. The summed E-state index contributed by atoms with van der Waals surface area (Å²) in [4.78, 5) is 62.2. The Morgan fingerprint density at radius 3 is 2.30 bits per heavy atom. The zero-order chi connectivity index (χ0) is 39.1. The first-order chi connectivity index (χ1) is 25.4. The number of hydrogen-bond donors (Lipinski definition) is 2. The molecule has 1 aromatic heterocycles. The number of hydrazine groups is 1. The van der Waals surface area contributed by atoms with Gasteiger partial charge in [-0.3, -0.25) is 29.5 Å². The lowest BCUT2D eigenvalue weighted by atomic mass is 9.49. The van der Waals surface area contributed by atoms with Gasteiger partial charge in [0.2, 0.25) is 11.8 Å². The molecule has 6 unspecified atom stereocenters. The fraction of sp³-hybridized carbons (Fsp3) is 0.361. The summed E-state index contributed by atoms with van der Waals surface area (Å²) in [5, 5.41) is 11.6. The Morgan fingerprint density at radius 1 is 0.963 bits per heavy atom. The maximum atomic E-state index is 15.2. The lowest BCUT2D eigenvalue weighted by molar-refractivity contribution is -0.274. The van der Waals surface area contributed by atoms with Crippen LogP contribution in [-0.4, -0.2) is 56.5 Å². The highest BCUT2D eigenvalue weighted by Gasteiger charge is 2.70. The summed E-state index contributed by atoms with van der Waals surface area (Å²) < 4.78 is 85.0. The molecule has 2 aliphatic carbocycles. The summed E-state index contributed by atoms with van der Waals surface area (Å²) in [6, 6.07) is 8.95. The van der Waals surface area contributed by atoms with E-state index >= 15 is 4.79 Å². The Kier molecular flexibility index (Phi) is 9.15. The molecule has 54 heavy (non-hydrogen) atoms. The molecule has 2 aromatic carbocycles. The van der Waals surface area contributed by atoms with Crippen LogP contribution < -0.4 is 10.2 Å². The predicted octanol–water partition coefficient (Wildman–Crippen LogP) is 7.41. The van der Waals surface area contributed by atoms with Crippen molar-refractivity contribution in [2.75, 3.05) is 12.0 Å². The van der Waals surface area contributed by atoms with E-state index in [0.29, 0.717) is 29.3 Å². The van der Waals surface area contributed by atoms with Crippen LogP contribution in [0.3, 0.4) is 0 Å². The minimum absolute atomic E-state index is 0.00778. The third-order valence-corrected chi connectivity index (χ3v) is 11.2. The Labute approximate surface area is 312 Å². The van der Waals surface area contributed by atoms with Crippen molar-refractivity contribution in [3.8, 4) is 11.5 Å². The molecule has 18 heteroatoms. The Morgan fingerprint density at radius 2 is 1.67 bits per heavy atom. The van der Waals surface area contributed by atoms with Crippen molar-refractivity contribution in [1.29, 1.82) is 0 Å². The molecule has 2 saturated heterocycles. The number of rotatable bonds is 7. The molecule has 3 aromatic rings. The predicted molar refractivity (Wildman–Crippen MR) is 179 cm³/mol. The van der Waals surface area contributed by atoms with Gasteiger partial charge in [0.25, 0.3) is 11.8 Å². The van der Waals surface area contributed by atoms with E-state index in [-0.39, 0.29) is 35.5 Å². The number of ether oxygens (including phenoxy) is 1. The fourth-order valence-corrected chi connectivity index (χ4v) is 8.93. The SMILES string of the molecule is CCCN1C(=O)C2CC=C3C(CC4C(=O)N(Nc5ncc(C(F)(F)F)cc5Cl)C(=O)C4(c4ccc(Cl)cc4)C3c3cc(OC(F)(F)F)ccc3O)C2C1=O. The second-order valence-electron chi connectivity index (χ2n) is 13.5. The van der Waals surface area contributed by atoms with E-state index in [0.717, 1.165) is 23.1 Å². The Hall–Kier alpha value is -4.83. The third-order valence-electron chi connectivity index (χ3n) is 10.6. The monoisotopic (exact) mass is 796 g/mol. The number of nitrogens with one attached hydrogen (secondary N) is 1. The van der Waals surface area contributed by atoms with E-state index in [4.69, 9.17) is 23.2 Å². The van der Waals surface area contributed by atoms with Crippen molar-refractivity contribution >= 4 is 52.6 Å². The molecule has 284 valence electrons. The fourth-order valence-electron chi connectivity index (χ4n) is 8.60. The topological polar surface area (TPSA) is 129 Å². The van der Waals surface area contributed by atoms with Crippen LogP contribution >= 0.6 is 23.2 Å². The van der Waals surface area contributed by atoms with E-state index in [1.165, 1.54) is 24.3 Å². The van der Waals surface area contributed by atoms with Crippen molar-refractivity contribution < 1.29 is 55.4 Å². The van der Waals surface area contributed by atoms with Crippen molar-refractivity contribution in [1.82, 2.24) is 14.9 Å². The largest absolute Gasteiger partial charge is 0.573 e. The lowest BCUT2D eigenvalue weighted by Gasteiger charge is -2.50. The maximum Gasteiger partial charge on any atom is 0.573 e. The average molecular weight is 798 g/mol. The van der Waals surface area contributed by atoms with Crippen LogP contribution in [-0.2, 0) is 30.8 Å². The molecule has 1 saturated carbocycles. The number of pyridine rings is 1. The van der Waals surface area contributed by atoms with Crippen LogP contribution in [0.2, 0.25) is 10.0 Å². The Balaban J connectivity index is 1.46. The standard InChI is InChI=1S/C36H28Cl2F6N4O6/c1-2-11-47-30(50)21-9-8-20-22(27(21)32(47)52)14-24-31(51)48(46-29-25(38)12-17(15-45-29)35(39,40)41)33(53)34(24,16-3-5-18(37)6-4-16)28(20)23-13-19(7-10-26(23)49)54-36(42,43)44/h3-8,10,12-13,15,21-22,24,27-28,49H,2,9,11,14H2,1H3,(H,45,46). The van der Waals surface area contributed by atoms with Crippen LogP contribution in [0.1, 0.15) is 48.8 Å². The highest BCUT2D eigenvalue weighted by molar-refractivity contribution is 6.33. The maximum absolute atomic E-state index is 15.2. The van der Waals surface area contributed by atoms with Gasteiger partial charge in [-0.1, -0.05) is 53.9 Å². The van der Waals surface area contributed by atoms with E-state index in [9.17, 15) is 45.8 Å². The number of fused-ring (bicyclic) bond motifs is 4. The number of carbonyl (C=O) groups is 4. The summed E-state index contributed by atoms with van der Waals surface area (Å²) >= 11 is 12.4. The minimum atomic E-state index is -5.16. The number of aromatic hydroxyl groups is 1. The summed E-state index contributed by atoms with van der Waals surface area (Å²) in [5.74, 6) is -10.4. The van der Waals surface area contributed by atoms with Crippen molar-refractivity contribution in [2.24, 2.45) is 23.7 Å². The third kappa shape index (κ3) is 5.93. The van der Waals surface area contributed by atoms with E-state index in [2.05, 4.69) is 15.1 Å². The van der Waals surface area contributed by atoms with Gasteiger partial charge in [0.15, 0.2) is 5.82 Å². The van der Waals surface area contributed by atoms with Crippen molar-refractivity contribution in [3.63, 3.8) is 0 Å². The molecule has 2 N–H and O–H groups in total. The van der Waals surface area contributed by atoms with Crippen LogP contribution in [0.15, 0.2) is 66.4 Å². The smallest absolute Gasteiger partial charge is 0.508 e. The van der Waals surface area contributed by atoms with Crippen molar-refractivity contribution in [3.05, 3.63) is 93.1 Å². The van der Waals surface area contributed by atoms with Crippen LogP contribution in [0, 0.1) is 23.7 Å². The number of amides is 4. The number of likely N-dealkylation sites (tertiary alicyclic amines) is 1. The summed E-state index contributed by atoms with van der Waals surface area (Å²) in [5.41, 5.74) is -0.650. The van der Waals surface area contributed by atoms with E-state index < -0.39 is 99.1 Å². The number of anilines is 1. The van der Waals surface area contributed by atoms with Gasteiger partial charge >= 0.3 is 12.5 Å². The van der Waals surface area contributed by atoms with Crippen LogP contribution in [0.25, 0.3) is 0 Å². The van der Waals surface area contributed by atoms with Gasteiger partial charge in [0.1, 0.15) is 11.5 Å². The number of halogens is 8. The molecule has 3 heterocycles. The number of phenolic OH excluding ortho intramolecular Hbond substituents is 1. The van der Waals surface area contributed by atoms with Gasteiger partial charge in [-0.15, -0.1) is 13.2 Å². The first kappa shape index (κ1) is 37.5. The molecule has 0 radical (unpaired) electrons. The van der Waals surface area contributed by atoms with E-state index in [1.807, 2.05) is 0 Å². The first-order valence-corrected chi connectivity index (χ1v) is 17.4. The van der Waals surface area contributed by atoms with Gasteiger partial charge in [-0.2, -0.15) is 18.2 Å². The lowest BCUT2D eigenvalue weighted by Crippen LogP contribution is -2.53. The summed E-state index contributed by atoms with van der Waals surface area (Å²) in [6.45, 7) is 1.91. The number of benzene rings is 2.